The SMILES string of the molecule is c1cnc(N2CCOCC2C2CC2)nc1. The summed E-state index contributed by atoms with van der Waals surface area (Å²) in [6.45, 7) is 2.55. The van der Waals surface area contributed by atoms with E-state index in [4.69, 9.17) is 4.74 Å². The molecule has 3 rings (SSSR count). The Morgan fingerprint density at radius 2 is 2.07 bits per heavy atom. The summed E-state index contributed by atoms with van der Waals surface area (Å²) in [6, 6.07) is 2.36. The third kappa shape index (κ3) is 1.81. The van der Waals surface area contributed by atoms with Crippen LogP contribution in [-0.4, -0.2) is 35.8 Å². The van der Waals surface area contributed by atoms with Gasteiger partial charge < -0.3 is 9.64 Å². The minimum Gasteiger partial charge on any atom is -0.377 e. The van der Waals surface area contributed by atoms with Crippen LogP contribution in [0.25, 0.3) is 0 Å². The van der Waals surface area contributed by atoms with E-state index in [0.717, 1.165) is 31.6 Å². The molecule has 2 aliphatic rings. The Balaban J connectivity index is 1.82. The molecule has 1 unspecified atom stereocenters. The smallest absolute Gasteiger partial charge is 0.225 e. The molecule has 4 heteroatoms. The van der Waals surface area contributed by atoms with Crippen molar-refractivity contribution in [2.45, 2.75) is 18.9 Å². The van der Waals surface area contributed by atoms with E-state index in [0.29, 0.717) is 6.04 Å². The summed E-state index contributed by atoms with van der Waals surface area (Å²) in [7, 11) is 0. The molecular weight excluding hydrogens is 190 g/mol. The van der Waals surface area contributed by atoms with Gasteiger partial charge in [0.25, 0.3) is 0 Å². The van der Waals surface area contributed by atoms with Gasteiger partial charge in [0.2, 0.25) is 5.95 Å². The number of aromatic nitrogens is 2. The Bertz CT molecular complexity index is 326. The quantitative estimate of drug-likeness (QED) is 0.724. The molecular formula is C11H15N3O. The van der Waals surface area contributed by atoms with Crippen molar-refractivity contribution in [2.24, 2.45) is 5.92 Å². The fourth-order valence-corrected chi connectivity index (χ4v) is 2.18. The van der Waals surface area contributed by atoms with Gasteiger partial charge in [-0.1, -0.05) is 0 Å². The molecule has 1 saturated carbocycles. The second kappa shape index (κ2) is 3.77. The zero-order valence-electron chi connectivity index (χ0n) is 8.67. The summed E-state index contributed by atoms with van der Waals surface area (Å²) in [5, 5.41) is 0. The molecule has 0 amide bonds. The maximum atomic E-state index is 5.54. The fraction of sp³-hybridized carbons (Fsp3) is 0.636. The molecule has 4 nitrogen and oxygen atoms in total. The van der Waals surface area contributed by atoms with E-state index in [2.05, 4.69) is 14.9 Å². The summed E-state index contributed by atoms with van der Waals surface area (Å²) in [5.41, 5.74) is 0. The van der Waals surface area contributed by atoms with Crippen LogP contribution >= 0.6 is 0 Å². The van der Waals surface area contributed by atoms with Gasteiger partial charge in [0, 0.05) is 18.9 Å². The Morgan fingerprint density at radius 1 is 1.27 bits per heavy atom. The number of nitrogens with zero attached hydrogens (tertiary/aromatic N) is 3. The van der Waals surface area contributed by atoms with Crippen LogP contribution in [0.5, 0.6) is 0 Å². The maximum Gasteiger partial charge on any atom is 0.225 e. The van der Waals surface area contributed by atoms with Gasteiger partial charge in [-0.3, -0.25) is 0 Å². The van der Waals surface area contributed by atoms with Crippen LogP contribution in [0.4, 0.5) is 5.95 Å². The van der Waals surface area contributed by atoms with E-state index < -0.39 is 0 Å². The minimum atomic E-state index is 0.501. The fourth-order valence-electron chi connectivity index (χ4n) is 2.18. The van der Waals surface area contributed by atoms with Crippen molar-refractivity contribution in [1.29, 1.82) is 0 Å². The molecule has 15 heavy (non-hydrogen) atoms. The lowest BCUT2D eigenvalue weighted by molar-refractivity contribution is 0.0869. The van der Waals surface area contributed by atoms with Crippen molar-refractivity contribution in [3.63, 3.8) is 0 Å². The van der Waals surface area contributed by atoms with Crippen LogP contribution in [0.1, 0.15) is 12.8 Å². The Hall–Kier alpha value is -1.16. The second-order valence-corrected chi connectivity index (χ2v) is 4.22. The van der Waals surface area contributed by atoms with Gasteiger partial charge in [0.1, 0.15) is 0 Å². The van der Waals surface area contributed by atoms with Crippen LogP contribution in [0.15, 0.2) is 18.5 Å². The normalized spacial score (nSPS) is 26.7. The molecule has 0 N–H and O–H groups in total. The van der Waals surface area contributed by atoms with Crippen LogP contribution < -0.4 is 4.90 Å². The highest BCUT2D eigenvalue weighted by Crippen LogP contribution is 2.37. The first-order valence-corrected chi connectivity index (χ1v) is 5.56. The first kappa shape index (κ1) is 9.09. The lowest BCUT2D eigenvalue weighted by atomic mass is 10.1. The molecule has 1 aromatic heterocycles. The Kier molecular flexibility index (Phi) is 2.29. The number of hydrogen-bond acceptors (Lipinski definition) is 4. The van der Waals surface area contributed by atoms with Crippen LogP contribution in [0.3, 0.4) is 0 Å². The van der Waals surface area contributed by atoms with Crippen molar-refractivity contribution in [1.82, 2.24) is 9.97 Å². The molecule has 1 atom stereocenters. The third-order valence-electron chi connectivity index (χ3n) is 3.14. The summed E-state index contributed by atoms with van der Waals surface area (Å²) < 4.78 is 5.54. The van der Waals surface area contributed by atoms with Crippen molar-refractivity contribution in [2.75, 3.05) is 24.7 Å². The lowest BCUT2D eigenvalue weighted by Crippen LogP contribution is -2.47. The predicted octanol–water partition coefficient (Wildman–Crippen LogP) is 1.09. The number of anilines is 1. The number of rotatable bonds is 2. The van der Waals surface area contributed by atoms with E-state index in [1.165, 1.54) is 12.8 Å². The summed E-state index contributed by atoms with van der Waals surface area (Å²) in [6.07, 6.45) is 6.28. The van der Waals surface area contributed by atoms with Gasteiger partial charge in [-0.15, -0.1) is 0 Å². The molecule has 0 spiro atoms. The molecule has 2 fully saturated rings. The van der Waals surface area contributed by atoms with Crippen molar-refractivity contribution >= 4 is 5.95 Å². The molecule has 1 saturated heterocycles. The van der Waals surface area contributed by atoms with E-state index >= 15 is 0 Å². The van der Waals surface area contributed by atoms with Crippen LogP contribution in [0, 0.1) is 5.92 Å². The van der Waals surface area contributed by atoms with E-state index in [1.807, 2.05) is 18.5 Å². The highest BCUT2D eigenvalue weighted by molar-refractivity contribution is 5.32. The van der Waals surface area contributed by atoms with Gasteiger partial charge in [0.05, 0.1) is 19.3 Å². The zero-order valence-corrected chi connectivity index (χ0v) is 8.67. The van der Waals surface area contributed by atoms with Gasteiger partial charge in [-0.05, 0) is 24.8 Å². The second-order valence-electron chi connectivity index (χ2n) is 4.22. The zero-order chi connectivity index (χ0) is 10.1. The molecule has 1 aliphatic carbocycles. The standard InChI is InChI=1S/C11H15N3O/c1-4-12-11(13-5-1)14-6-7-15-8-10(14)9-2-3-9/h1,4-5,9-10H,2-3,6-8H2. The Morgan fingerprint density at radius 3 is 2.80 bits per heavy atom. The first-order chi connectivity index (χ1) is 7.45. The average Bonchev–Trinajstić information content (AvgIpc) is 3.14. The highest BCUT2D eigenvalue weighted by atomic mass is 16.5. The maximum absolute atomic E-state index is 5.54. The summed E-state index contributed by atoms with van der Waals surface area (Å²) in [4.78, 5) is 11.0. The monoisotopic (exact) mass is 205 g/mol. The number of ether oxygens (including phenoxy) is 1. The van der Waals surface area contributed by atoms with Gasteiger partial charge in [-0.2, -0.15) is 0 Å². The summed E-state index contributed by atoms with van der Waals surface area (Å²) in [5.74, 6) is 1.66. The topological polar surface area (TPSA) is 38.2 Å². The average molecular weight is 205 g/mol. The molecule has 0 aromatic carbocycles. The molecule has 1 aromatic rings. The van der Waals surface area contributed by atoms with Gasteiger partial charge >= 0.3 is 0 Å². The molecule has 80 valence electrons. The van der Waals surface area contributed by atoms with Crippen molar-refractivity contribution in [3.05, 3.63) is 18.5 Å². The van der Waals surface area contributed by atoms with Gasteiger partial charge in [0.15, 0.2) is 0 Å². The highest BCUT2D eigenvalue weighted by Gasteiger charge is 2.38. The third-order valence-corrected chi connectivity index (χ3v) is 3.14. The van der Waals surface area contributed by atoms with Crippen LogP contribution in [0.2, 0.25) is 0 Å². The molecule has 0 radical (unpaired) electrons. The van der Waals surface area contributed by atoms with E-state index in [1.54, 1.807) is 0 Å². The first-order valence-electron chi connectivity index (χ1n) is 5.56. The van der Waals surface area contributed by atoms with Gasteiger partial charge in [-0.25, -0.2) is 9.97 Å². The molecule has 0 bridgehead atoms. The van der Waals surface area contributed by atoms with E-state index in [-0.39, 0.29) is 0 Å². The lowest BCUT2D eigenvalue weighted by Gasteiger charge is -2.35. The van der Waals surface area contributed by atoms with Crippen molar-refractivity contribution in [3.8, 4) is 0 Å². The van der Waals surface area contributed by atoms with Crippen LogP contribution in [-0.2, 0) is 4.74 Å². The van der Waals surface area contributed by atoms with E-state index in [9.17, 15) is 0 Å². The minimum absolute atomic E-state index is 0.501. The molecule has 2 heterocycles. The van der Waals surface area contributed by atoms with Crippen molar-refractivity contribution < 1.29 is 4.74 Å². The summed E-state index contributed by atoms with van der Waals surface area (Å²) >= 11 is 0. The number of morpholine rings is 1. The largest absolute Gasteiger partial charge is 0.377 e. The number of hydrogen-bond donors (Lipinski definition) is 0. The predicted molar refractivity (Wildman–Crippen MR) is 56.7 cm³/mol. The molecule has 1 aliphatic heterocycles. The Labute approximate surface area is 89.3 Å².